The quantitative estimate of drug-likeness (QED) is 0.654. The van der Waals surface area contributed by atoms with Crippen molar-refractivity contribution in [2.75, 3.05) is 0 Å². The Balaban J connectivity index is 2.87. The largest absolute Gasteiger partial charge is 0.284 e. The lowest BCUT2D eigenvalue weighted by atomic mass is 10.3. The van der Waals surface area contributed by atoms with E-state index in [1.807, 2.05) is 35.0 Å². The van der Waals surface area contributed by atoms with Gasteiger partial charge in [0.05, 0.1) is 21.7 Å². The summed E-state index contributed by atoms with van der Waals surface area (Å²) in [5.41, 5.74) is 2.20. The Kier molecular flexibility index (Phi) is 1.46. The zero-order chi connectivity index (χ0) is 7.84. The van der Waals surface area contributed by atoms with E-state index in [-0.39, 0.29) is 0 Å². The molecule has 0 aliphatic heterocycles. The van der Waals surface area contributed by atoms with Gasteiger partial charge in [0.15, 0.2) is 0 Å². The fourth-order valence-electron chi connectivity index (χ4n) is 1.10. The average Bonchev–Trinajstić information content (AvgIpc) is 2.33. The minimum atomic E-state index is 1.04. The minimum absolute atomic E-state index is 1.04. The van der Waals surface area contributed by atoms with Crippen LogP contribution in [-0.4, -0.2) is 8.58 Å². The van der Waals surface area contributed by atoms with E-state index in [1.54, 1.807) is 0 Å². The zero-order valence-corrected chi connectivity index (χ0v) is 7.67. The molecule has 0 aromatic carbocycles. The second-order valence-electron chi connectivity index (χ2n) is 2.51. The first kappa shape index (κ1) is 6.85. The van der Waals surface area contributed by atoms with Crippen molar-refractivity contribution < 1.29 is 0 Å². The predicted octanol–water partition coefficient (Wildman–Crippen LogP) is 2.50. The molecular weight excluding hydrogens is 204 g/mol. The van der Waals surface area contributed by atoms with Gasteiger partial charge in [-0.25, -0.2) is 0 Å². The van der Waals surface area contributed by atoms with Gasteiger partial charge < -0.3 is 0 Å². The molecule has 0 saturated carbocycles. The van der Waals surface area contributed by atoms with Crippen LogP contribution in [0.2, 0.25) is 0 Å². The molecule has 0 saturated heterocycles. The monoisotopic (exact) mass is 210 g/mol. The van der Waals surface area contributed by atoms with Gasteiger partial charge in [-0.3, -0.25) is 8.58 Å². The summed E-state index contributed by atoms with van der Waals surface area (Å²) in [5, 5.41) is 1.16. The van der Waals surface area contributed by atoms with Gasteiger partial charge in [0.2, 0.25) is 0 Å². The first-order valence-corrected chi connectivity index (χ1v) is 4.08. The molecule has 0 atom stereocenters. The van der Waals surface area contributed by atoms with Gasteiger partial charge >= 0.3 is 0 Å². The molecule has 0 spiro atoms. The van der Waals surface area contributed by atoms with Crippen LogP contribution in [0.15, 0.2) is 24.5 Å². The van der Waals surface area contributed by atoms with Crippen molar-refractivity contribution in [3.8, 4) is 0 Å². The lowest BCUT2D eigenvalue weighted by molar-refractivity contribution is 1.22. The Morgan fingerprint density at radius 3 is 3.18 bits per heavy atom. The average molecular weight is 211 g/mol. The molecule has 0 aliphatic carbocycles. The number of fused-ring (bicyclic) bond motifs is 1. The fourth-order valence-corrected chi connectivity index (χ4v) is 1.52. The first-order chi connectivity index (χ1) is 5.27. The van der Waals surface area contributed by atoms with Crippen LogP contribution in [0.25, 0.3) is 10.9 Å². The Morgan fingerprint density at radius 2 is 2.36 bits per heavy atom. The molecule has 0 aliphatic rings. The lowest BCUT2D eigenvalue weighted by Gasteiger charge is -1.94. The van der Waals surface area contributed by atoms with Crippen molar-refractivity contribution in [1.29, 1.82) is 0 Å². The number of hydrogen-bond acceptors (Lipinski definition) is 1. The highest BCUT2D eigenvalue weighted by molar-refractivity contribution is 9.08. The van der Waals surface area contributed by atoms with Crippen LogP contribution < -0.4 is 0 Å². The minimum Gasteiger partial charge on any atom is -0.284 e. The molecule has 0 unspecified atom stereocenters. The third kappa shape index (κ3) is 1.05. The summed E-state index contributed by atoms with van der Waals surface area (Å²) in [6.45, 7) is 1.99. The van der Waals surface area contributed by atoms with Crippen LogP contribution in [0.4, 0.5) is 0 Å². The van der Waals surface area contributed by atoms with Gasteiger partial charge in [-0.1, -0.05) is 0 Å². The summed E-state index contributed by atoms with van der Waals surface area (Å²) in [7, 11) is 0. The molecule has 0 radical (unpaired) electrons. The second-order valence-corrected chi connectivity index (χ2v) is 3.28. The van der Waals surface area contributed by atoms with E-state index in [4.69, 9.17) is 0 Å². The summed E-state index contributed by atoms with van der Waals surface area (Å²) in [6.07, 6.45) is 3.84. The molecule has 11 heavy (non-hydrogen) atoms. The van der Waals surface area contributed by atoms with Crippen LogP contribution in [0, 0.1) is 6.92 Å². The molecule has 2 nitrogen and oxygen atoms in total. The Bertz CT molecular complexity index is 392. The summed E-state index contributed by atoms with van der Waals surface area (Å²) >= 11 is 3.39. The molecule has 0 bridgehead atoms. The van der Waals surface area contributed by atoms with Gasteiger partial charge in [-0.15, -0.1) is 0 Å². The number of aryl methyl sites for hydroxylation is 1. The smallest absolute Gasteiger partial charge is 0.0624 e. The molecule has 2 rings (SSSR count). The predicted molar refractivity (Wildman–Crippen MR) is 48.8 cm³/mol. The summed E-state index contributed by atoms with van der Waals surface area (Å²) in [6, 6.07) is 4.07. The molecule has 2 heterocycles. The van der Waals surface area contributed by atoms with Gasteiger partial charge in [0, 0.05) is 23.5 Å². The number of aromatic nitrogens is 2. The number of pyridine rings is 1. The number of hydrogen-bond donors (Lipinski definition) is 0. The maximum atomic E-state index is 4.19. The van der Waals surface area contributed by atoms with E-state index in [0.717, 1.165) is 16.6 Å². The Labute approximate surface area is 73.2 Å². The van der Waals surface area contributed by atoms with Crippen molar-refractivity contribution in [3.05, 3.63) is 30.2 Å². The number of rotatable bonds is 0. The normalized spacial score (nSPS) is 10.7. The Hall–Kier alpha value is -0.830. The van der Waals surface area contributed by atoms with Crippen LogP contribution >= 0.6 is 16.1 Å². The van der Waals surface area contributed by atoms with Gasteiger partial charge in [0.1, 0.15) is 0 Å². The molecule has 0 N–H and O–H groups in total. The van der Waals surface area contributed by atoms with Gasteiger partial charge in [-0.05, 0) is 19.1 Å². The van der Waals surface area contributed by atoms with E-state index < -0.39 is 0 Å². The highest BCUT2D eigenvalue weighted by Gasteiger charge is 1.97. The first-order valence-electron chi connectivity index (χ1n) is 3.37. The van der Waals surface area contributed by atoms with E-state index in [1.165, 1.54) is 0 Å². The zero-order valence-electron chi connectivity index (χ0n) is 6.08. The third-order valence-electron chi connectivity index (χ3n) is 1.66. The van der Waals surface area contributed by atoms with Gasteiger partial charge in [-0.2, -0.15) is 0 Å². The van der Waals surface area contributed by atoms with Crippen molar-refractivity contribution >= 4 is 27.1 Å². The van der Waals surface area contributed by atoms with E-state index in [9.17, 15) is 0 Å². The molecule has 56 valence electrons. The molecule has 2 aromatic heterocycles. The highest BCUT2D eigenvalue weighted by Crippen LogP contribution is 2.16. The third-order valence-corrected chi connectivity index (χ3v) is 2.28. The van der Waals surface area contributed by atoms with Crippen LogP contribution in [0.1, 0.15) is 5.69 Å². The van der Waals surface area contributed by atoms with Crippen molar-refractivity contribution in [2.24, 2.45) is 0 Å². The van der Waals surface area contributed by atoms with E-state index in [2.05, 4.69) is 21.1 Å². The Morgan fingerprint density at radius 1 is 1.55 bits per heavy atom. The summed E-state index contributed by atoms with van der Waals surface area (Å²) in [4.78, 5) is 4.19. The molecule has 3 heteroatoms. The van der Waals surface area contributed by atoms with Crippen molar-refractivity contribution in [2.45, 2.75) is 6.92 Å². The van der Waals surface area contributed by atoms with Crippen molar-refractivity contribution in [1.82, 2.24) is 8.58 Å². The maximum absolute atomic E-state index is 4.19. The van der Waals surface area contributed by atoms with Crippen molar-refractivity contribution in [3.63, 3.8) is 0 Å². The SMILES string of the molecule is Cc1cc2c(ccn2Br)cn1. The maximum Gasteiger partial charge on any atom is 0.0624 e. The molecule has 2 aromatic rings. The topological polar surface area (TPSA) is 17.8 Å². The molecule has 0 fully saturated rings. The number of halogens is 1. The summed E-state index contributed by atoms with van der Waals surface area (Å²) in [5.74, 6) is 0. The van der Waals surface area contributed by atoms with E-state index in [0.29, 0.717) is 0 Å². The summed E-state index contributed by atoms with van der Waals surface area (Å²) < 4.78 is 1.91. The van der Waals surface area contributed by atoms with Crippen LogP contribution in [0.5, 0.6) is 0 Å². The van der Waals surface area contributed by atoms with Crippen LogP contribution in [0.3, 0.4) is 0 Å². The second kappa shape index (κ2) is 2.34. The molecular formula is C8H7BrN2. The lowest BCUT2D eigenvalue weighted by Crippen LogP contribution is -1.80. The van der Waals surface area contributed by atoms with E-state index >= 15 is 0 Å². The van der Waals surface area contributed by atoms with Crippen LogP contribution in [-0.2, 0) is 0 Å². The highest BCUT2D eigenvalue weighted by atomic mass is 79.9. The standard InChI is InChI=1S/C8H7BrN2/c1-6-4-8-7(5-10-6)2-3-11(8)9/h2-5H,1H3. The fraction of sp³-hybridized carbons (Fsp3) is 0.125. The number of nitrogens with zero attached hydrogens (tertiary/aromatic N) is 2. The molecule has 0 amide bonds. The van der Waals surface area contributed by atoms with Gasteiger partial charge in [0.25, 0.3) is 0 Å².